The SMILES string of the molecule is CCN(CC)C(=O)c1cccc(NC(=O)CN(C)CCOc2cc(C)cc(C)c2)c1. The standard InChI is InChI=1S/C24H33N3O3/c1-6-27(7-2)24(29)20-9-8-10-21(16-20)25-23(28)17-26(5)11-12-30-22-14-18(3)13-19(4)15-22/h8-10,13-16H,6-7,11-12,17H2,1-5H3,(H,25,28). The van der Waals surface area contributed by atoms with Gasteiger partial charge < -0.3 is 15.0 Å². The molecule has 0 saturated heterocycles. The zero-order chi connectivity index (χ0) is 22.1. The first kappa shape index (κ1) is 23.4. The summed E-state index contributed by atoms with van der Waals surface area (Å²) in [6, 6.07) is 13.2. The Labute approximate surface area is 179 Å². The number of nitrogens with zero attached hydrogens (tertiary/aromatic N) is 2. The molecule has 2 amide bonds. The van der Waals surface area contributed by atoms with Crippen molar-refractivity contribution in [1.29, 1.82) is 0 Å². The molecule has 2 rings (SSSR count). The van der Waals surface area contributed by atoms with Gasteiger partial charge in [0.15, 0.2) is 0 Å². The Balaban J connectivity index is 1.83. The summed E-state index contributed by atoms with van der Waals surface area (Å²) in [7, 11) is 1.88. The van der Waals surface area contributed by atoms with Gasteiger partial charge in [-0.3, -0.25) is 14.5 Å². The topological polar surface area (TPSA) is 61.9 Å². The van der Waals surface area contributed by atoms with E-state index in [2.05, 4.69) is 11.4 Å². The number of carbonyl (C=O) groups is 2. The van der Waals surface area contributed by atoms with Gasteiger partial charge in [-0.15, -0.1) is 0 Å². The highest BCUT2D eigenvalue weighted by atomic mass is 16.5. The Hall–Kier alpha value is -2.86. The fourth-order valence-corrected chi connectivity index (χ4v) is 3.28. The summed E-state index contributed by atoms with van der Waals surface area (Å²) in [5.74, 6) is 0.688. The van der Waals surface area contributed by atoms with Crippen molar-refractivity contribution in [2.24, 2.45) is 0 Å². The zero-order valence-corrected chi connectivity index (χ0v) is 18.7. The lowest BCUT2D eigenvalue weighted by Crippen LogP contribution is -2.33. The van der Waals surface area contributed by atoms with Crippen molar-refractivity contribution in [1.82, 2.24) is 9.80 Å². The Morgan fingerprint density at radius 1 is 1.00 bits per heavy atom. The van der Waals surface area contributed by atoms with Crippen LogP contribution in [-0.4, -0.2) is 61.4 Å². The van der Waals surface area contributed by atoms with Crippen molar-refractivity contribution in [3.05, 3.63) is 59.2 Å². The third kappa shape index (κ3) is 7.19. The fourth-order valence-electron chi connectivity index (χ4n) is 3.28. The minimum absolute atomic E-state index is 0.0308. The minimum Gasteiger partial charge on any atom is -0.492 e. The van der Waals surface area contributed by atoms with Crippen molar-refractivity contribution < 1.29 is 14.3 Å². The highest BCUT2D eigenvalue weighted by Crippen LogP contribution is 2.16. The number of rotatable bonds is 10. The molecular formula is C24H33N3O3. The lowest BCUT2D eigenvalue weighted by Gasteiger charge is -2.19. The molecule has 0 heterocycles. The van der Waals surface area contributed by atoms with Gasteiger partial charge in [-0.1, -0.05) is 12.1 Å². The first-order valence-electron chi connectivity index (χ1n) is 10.4. The van der Waals surface area contributed by atoms with Gasteiger partial charge in [0.1, 0.15) is 12.4 Å². The molecule has 6 heteroatoms. The molecule has 1 N–H and O–H groups in total. The lowest BCUT2D eigenvalue weighted by atomic mass is 10.1. The maximum atomic E-state index is 12.5. The van der Waals surface area contributed by atoms with E-state index in [1.807, 2.05) is 51.8 Å². The van der Waals surface area contributed by atoms with Gasteiger partial charge >= 0.3 is 0 Å². The van der Waals surface area contributed by atoms with Crippen molar-refractivity contribution in [3.8, 4) is 5.75 Å². The molecule has 0 aliphatic rings. The molecule has 2 aromatic carbocycles. The number of anilines is 1. The third-order valence-corrected chi connectivity index (χ3v) is 4.79. The van der Waals surface area contributed by atoms with Crippen LogP contribution >= 0.6 is 0 Å². The number of carbonyl (C=O) groups excluding carboxylic acids is 2. The van der Waals surface area contributed by atoms with Crippen LogP contribution in [0.2, 0.25) is 0 Å². The minimum atomic E-state index is -0.128. The molecule has 0 unspecified atom stereocenters. The van der Waals surface area contributed by atoms with Crippen LogP contribution in [0.3, 0.4) is 0 Å². The van der Waals surface area contributed by atoms with Gasteiger partial charge in [0.2, 0.25) is 5.91 Å². The average Bonchev–Trinajstić information content (AvgIpc) is 2.68. The second-order valence-corrected chi connectivity index (χ2v) is 7.52. The highest BCUT2D eigenvalue weighted by Gasteiger charge is 2.14. The van der Waals surface area contributed by atoms with E-state index in [1.165, 1.54) is 11.1 Å². The summed E-state index contributed by atoms with van der Waals surface area (Å²) in [5.41, 5.74) is 3.53. The maximum Gasteiger partial charge on any atom is 0.253 e. The average molecular weight is 412 g/mol. The fraction of sp³-hybridized carbons (Fsp3) is 0.417. The Bertz CT molecular complexity index is 842. The number of aryl methyl sites for hydroxylation is 2. The molecule has 6 nitrogen and oxygen atoms in total. The number of benzene rings is 2. The lowest BCUT2D eigenvalue weighted by molar-refractivity contribution is -0.117. The quantitative estimate of drug-likeness (QED) is 0.647. The summed E-state index contributed by atoms with van der Waals surface area (Å²) in [6.45, 7) is 10.7. The monoisotopic (exact) mass is 411 g/mol. The van der Waals surface area contributed by atoms with Gasteiger partial charge in [0, 0.05) is 30.9 Å². The first-order chi connectivity index (χ1) is 14.3. The van der Waals surface area contributed by atoms with Gasteiger partial charge in [-0.05, 0) is 76.2 Å². The van der Waals surface area contributed by atoms with Crippen LogP contribution in [-0.2, 0) is 4.79 Å². The Morgan fingerprint density at radius 3 is 2.30 bits per heavy atom. The van der Waals surface area contributed by atoms with E-state index in [9.17, 15) is 9.59 Å². The summed E-state index contributed by atoms with van der Waals surface area (Å²) in [6.07, 6.45) is 0. The van der Waals surface area contributed by atoms with Gasteiger partial charge in [0.25, 0.3) is 5.91 Å². The van der Waals surface area contributed by atoms with Crippen molar-refractivity contribution in [2.45, 2.75) is 27.7 Å². The van der Waals surface area contributed by atoms with E-state index in [1.54, 1.807) is 29.2 Å². The maximum absolute atomic E-state index is 12.5. The Morgan fingerprint density at radius 2 is 1.67 bits per heavy atom. The van der Waals surface area contributed by atoms with Crippen molar-refractivity contribution in [2.75, 3.05) is 45.2 Å². The smallest absolute Gasteiger partial charge is 0.253 e. The molecular weight excluding hydrogens is 378 g/mol. The molecule has 0 atom stereocenters. The van der Waals surface area contributed by atoms with E-state index in [-0.39, 0.29) is 18.4 Å². The van der Waals surface area contributed by atoms with E-state index in [4.69, 9.17) is 4.74 Å². The van der Waals surface area contributed by atoms with Crippen LogP contribution < -0.4 is 10.1 Å². The molecule has 0 spiro atoms. The summed E-state index contributed by atoms with van der Waals surface area (Å²) >= 11 is 0. The van der Waals surface area contributed by atoms with E-state index in [0.717, 1.165) is 5.75 Å². The summed E-state index contributed by atoms with van der Waals surface area (Å²) < 4.78 is 5.81. The molecule has 30 heavy (non-hydrogen) atoms. The molecule has 0 radical (unpaired) electrons. The number of nitrogens with one attached hydrogen (secondary N) is 1. The second kappa shape index (κ2) is 11.4. The van der Waals surface area contributed by atoms with Crippen LogP contribution in [0.4, 0.5) is 5.69 Å². The molecule has 0 aromatic heterocycles. The van der Waals surface area contributed by atoms with Crippen LogP contribution in [0.25, 0.3) is 0 Å². The second-order valence-electron chi connectivity index (χ2n) is 7.52. The highest BCUT2D eigenvalue weighted by molar-refractivity contribution is 5.97. The molecule has 0 fully saturated rings. The van der Waals surface area contributed by atoms with E-state index >= 15 is 0 Å². The number of ether oxygens (including phenoxy) is 1. The van der Waals surface area contributed by atoms with E-state index in [0.29, 0.717) is 37.5 Å². The molecule has 0 aliphatic carbocycles. The summed E-state index contributed by atoms with van der Waals surface area (Å²) in [4.78, 5) is 28.5. The van der Waals surface area contributed by atoms with Crippen molar-refractivity contribution >= 4 is 17.5 Å². The predicted molar refractivity (Wildman–Crippen MR) is 121 cm³/mol. The van der Waals surface area contributed by atoms with Crippen molar-refractivity contribution in [3.63, 3.8) is 0 Å². The predicted octanol–water partition coefficient (Wildman–Crippen LogP) is 3.73. The molecule has 2 aromatic rings. The van der Waals surface area contributed by atoms with Crippen LogP contribution in [0.15, 0.2) is 42.5 Å². The summed E-state index contributed by atoms with van der Waals surface area (Å²) in [5, 5.41) is 2.87. The molecule has 0 saturated carbocycles. The molecule has 162 valence electrons. The van der Waals surface area contributed by atoms with Crippen LogP contribution in [0, 0.1) is 13.8 Å². The Kier molecular flexibility index (Phi) is 8.87. The molecule has 0 aliphatic heterocycles. The normalized spacial score (nSPS) is 10.7. The van der Waals surface area contributed by atoms with Gasteiger partial charge in [-0.2, -0.15) is 0 Å². The van der Waals surface area contributed by atoms with Crippen LogP contribution in [0.5, 0.6) is 5.75 Å². The number of amides is 2. The first-order valence-corrected chi connectivity index (χ1v) is 10.4. The number of hydrogen-bond acceptors (Lipinski definition) is 4. The third-order valence-electron chi connectivity index (χ3n) is 4.79. The van der Waals surface area contributed by atoms with Gasteiger partial charge in [-0.25, -0.2) is 0 Å². The molecule has 0 bridgehead atoms. The van der Waals surface area contributed by atoms with E-state index < -0.39 is 0 Å². The number of likely N-dealkylation sites (N-methyl/N-ethyl adjacent to an activating group) is 1. The zero-order valence-electron chi connectivity index (χ0n) is 18.7. The van der Waals surface area contributed by atoms with Crippen LogP contribution in [0.1, 0.15) is 35.3 Å². The van der Waals surface area contributed by atoms with Gasteiger partial charge in [0.05, 0.1) is 6.54 Å². The largest absolute Gasteiger partial charge is 0.492 e. The number of hydrogen-bond donors (Lipinski definition) is 1.